The number of aliphatic imine (C=N–C) groups is 1. The van der Waals surface area contributed by atoms with Crippen LogP contribution in [0.15, 0.2) is 41.4 Å². The highest BCUT2D eigenvalue weighted by Crippen LogP contribution is 2.38. The monoisotopic (exact) mass is 225 g/mol. The van der Waals surface area contributed by atoms with Crippen LogP contribution in [0.3, 0.4) is 0 Å². The van der Waals surface area contributed by atoms with Gasteiger partial charge in [-0.15, -0.1) is 0 Å². The van der Waals surface area contributed by atoms with Crippen molar-refractivity contribution in [1.82, 2.24) is 0 Å². The van der Waals surface area contributed by atoms with Crippen LogP contribution in [0.1, 0.15) is 12.5 Å². The molecule has 2 aliphatic rings. The minimum atomic E-state index is -1.43. The molecule has 3 rings (SSSR count). The van der Waals surface area contributed by atoms with Gasteiger partial charge in [-0.3, -0.25) is 4.99 Å². The van der Waals surface area contributed by atoms with Crippen molar-refractivity contribution in [2.45, 2.75) is 6.92 Å². The number of hydrogen-bond acceptors (Lipinski definition) is 3. The average Bonchev–Trinajstić information content (AvgIpc) is 2.68. The fraction of sp³-hybridized carbons (Fsp3) is 0.154. The minimum Gasteiger partial charge on any atom is -0.423 e. The molecule has 0 saturated carbocycles. The summed E-state index contributed by atoms with van der Waals surface area (Å²) in [5, 5.41) is 18.4. The lowest BCUT2D eigenvalue weighted by atomic mass is 9.78. The van der Waals surface area contributed by atoms with Crippen LogP contribution < -0.4 is 5.46 Å². The van der Waals surface area contributed by atoms with Gasteiger partial charge in [0, 0.05) is 17.1 Å². The first kappa shape index (κ1) is 10.5. The number of allylic oxidation sites excluding steroid dienone is 4. The van der Waals surface area contributed by atoms with E-state index in [1.807, 2.05) is 18.2 Å². The lowest BCUT2D eigenvalue weighted by Crippen LogP contribution is -2.29. The molecule has 0 spiro atoms. The van der Waals surface area contributed by atoms with E-state index < -0.39 is 7.12 Å². The molecule has 1 aromatic rings. The summed E-state index contributed by atoms with van der Waals surface area (Å²) in [5.74, 6) is 0.310. The number of fused-ring (bicyclic) bond motifs is 3. The molecule has 0 radical (unpaired) electrons. The molecule has 0 bridgehead atoms. The van der Waals surface area contributed by atoms with Gasteiger partial charge in [0.2, 0.25) is 0 Å². The standard InChI is InChI=1S/C13H12BNO2/c1-8-3-2-4-10-11-7-9(14(16)17)5-6-12(11)15-13(8)10/h2-8,16-17H,1H3. The fourth-order valence-electron chi connectivity index (χ4n) is 2.29. The Labute approximate surface area is 100.0 Å². The second-order valence-electron chi connectivity index (χ2n) is 4.40. The molecule has 2 N–H and O–H groups in total. The van der Waals surface area contributed by atoms with Crippen LogP contribution >= 0.6 is 0 Å². The Hall–Kier alpha value is -1.65. The highest BCUT2D eigenvalue weighted by Gasteiger charge is 2.26. The van der Waals surface area contributed by atoms with Crippen LogP contribution in [0.5, 0.6) is 0 Å². The van der Waals surface area contributed by atoms with E-state index in [2.05, 4.69) is 18.0 Å². The second-order valence-corrected chi connectivity index (χ2v) is 4.40. The molecule has 3 nitrogen and oxygen atoms in total. The van der Waals surface area contributed by atoms with Gasteiger partial charge in [-0.25, -0.2) is 0 Å². The van der Waals surface area contributed by atoms with E-state index in [9.17, 15) is 10.0 Å². The zero-order chi connectivity index (χ0) is 12.0. The third kappa shape index (κ3) is 1.57. The lowest BCUT2D eigenvalue weighted by Gasteiger charge is -2.13. The van der Waals surface area contributed by atoms with E-state index in [4.69, 9.17) is 0 Å². The summed E-state index contributed by atoms with van der Waals surface area (Å²) in [7, 11) is -1.43. The van der Waals surface area contributed by atoms with Crippen LogP contribution in [-0.4, -0.2) is 22.9 Å². The third-order valence-corrected chi connectivity index (χ3v) is 3.22. The zero-order valence-corrected chi connectivity index (χ0v) is 9.46. The maximum absolute atomic E-state index is 9.19. The van der Waals surface area contributed by atoms with E-state index in [0.717, 1.165) is 22.5 Å². The van der Waals surface area contributed by atoms with Gasteiger partial charge in [0.05, 0.1) is 11.4 Å². The quantitative estimate of drug-likeness (QED) is 0.701. The topological polar surface area (TPSA) is 52.8 Å². The maximum Gasteiger partial charge on any atom is 0.488 e. The van der Waals surface area contributed by atoms with Gasteiger partial charge in [-0.05, 0) is 11.5 Å². The first-order valence-electron chi connectivity index (χ1n) is 5.65. The van der Waals surface area contributed by atoms with E-state index in [1.54, 1.807) is 12.1 Å². The van der Waals surface area contributed by atoms with Gasteiger partial charge in [0.15, 0.2) is 0 Å². The van der Waals surface area contributed by atoms with Crippen molar-refractivity contribution in [2.24, 2.45) is 10.9 Å². The summed E-state index contributed by atoms with van der Waals surface area (Å²) in [6.45, 7) is 2.11. The molecular weight excluding hydrogens is 213 g/mol. The van der Waals surface area contributed by atoms with Gasteiger partial charge >= 0.3 is 7.12 Å². The Bertz CT molecular complexity index is 573. The van der Waals surface area contributed by atoms with Gasteiger partial charge < -0.3 is 10.0 Å². The molecule has 1 atom stereocenters. The van der Waals surface area contributed by atoms with Crippen molar-refractivity contribution in [2.75, 3.05) is 0 Å². The largest absolute Gasteiger partial charge is 0.488 e. The molecule has 1 aromatic carbocycles. The Morgan fingerprint density at radius 2 is 2.12 bits per heavy atom. The molecule has 1 aliphatic carbocycles. The summed E-state index contributed by atoms with van der Waals surface area (Å²) in [6.07, 6.45) is 6.16. The average molecular weight is 225 g/mol. The third-order valence-electron chi connectivity index (χ3n) is 3.22. The summed E-state index contributed by atoms with van der Waals surface area (Å²) in [6, 6.07) is 5.33. The van der Waals surface area contributed by atoms with Crippen molar-refractivity contribution in [3.05, 3.63) is 42.0 Å². The molecule has 1 heterocycles. The minimum absolute atomic E-state index is 0.310. The molecule has 17 heavy (non-hydrogen) atoms. The molecule has 0 saturated heterocycles. The Kier molecular flexibility index (Phi) is 2.28. The molecule has 4 heteroatoms. The van der Waals surface area contributed by atoms with Gasteiger partial charge in [0.25, 0.3) is 0 Å². The number of rotatable bonds is 1. The number of benzene rings is 1. The van der Waals surface area contributed by atoms with Crippen molar-refractivity contribution in [3.8, 4) is 0 Å². The van der Waals surface area contributed by atoms with Crippen molar-refractivity contribution in [3.63, 3.8) is 0 Å². The smallest absolute Gasteiger partial charge is 0.423 e. The van der Waals surface area contributed by atoms with E-state index in [1.165, 1.54) is 0 Å². The van der Waals surface area contributed by atoms with E-state index in [0.29, 0.717) is 11.4 Å². The van der Waals surface area contributed by atoms with Crippen LogP contribution in [0, 0.1) is 5.92 Å². The summed E-state index contributed by atoms with van der Waals surface area (Å²) in [5.41, 5.74) is 4.56. The lowest BCUT2D eigenvalue weighted by molar-refractivity contribution is 0.426. The predicted octanol–water partition coefficient (Wildman–Crippen LogP) is 1.04. The first-order chi connectivity index (χ1) is 8.16. The summed E-state index contributed by atoms with van der Waals surface area (Å²) < 4.78 is 0. The fourth-order valence-corrected chi connectivity index (χ4v) is 2.29. The number of hydrogen-bond donors (Lipinski definition) is 2. The van der Waals surface area contributed by atoms with Gasteiger partial charge in [-0.2, -0.15) is 0 Å². The van der Waals surface area contributed by atoms with Gasteiger partial charge in [0.1, 0.15) is 0 Å². The molecule has 1 unspecified atom stereocenters. The highest BCUT2D eigenvalue weighted by atomic mass is 16.4. The normalized spacial score (nSPS) is 20.5. The van der Waals surface area contributed by atoms with Crippen LogP contribution in [0.25, 0.3) is 5.57 Å². The Balaban J connectivity index is 2.13. The maximum atomic E-state index is 9.19. The molecule has 0 aromatic heterocycles. The Morgan fingerprint density at radius 3 is 2.88 bits per heavy atom. The number of nitrogens with zero attached hydrogens (tertiary/aromatic N) is 1. The van der Waals surface area contributed by atoms with Crippen molar-refractivity contribution < 1.29 is 10.0 Å². The van der Waals surface area contributed by atoms with Crippen LogP contribution in [-0.2, 0) is 0 Å². The molecule has 1 aliphatic heterocycles. The Morgan fingerprint density at radius 1 is 1.29 bits per heavy atom. The van der Waals surface area contributed by atoms with Crippen molar-refractivity contribution in [1.29, 1.82) is 0 Å². The van der Waals surface area contributed by atoms with Crippen LogP contribution in [0.4, 0.5) is 5.69 Å². The van der Waals surface area contributed by atoms with Crippen LogP contribution in [0.2, 0.25) is 0 Å². The highest BCUT2D eigenvalue weighted by molar-refractivity contribution is 6.58. The van der Waals surface area contributed by atoms with E-state index >= 15 is 0 Å². The van der Waals surface area contributed by atoms with Crippen molar-refractivity contribution >= 4 is 29.6 Å². The summed E-state index contributed by atoms with van der Waals surface area (Å²) >= 11 is 0. The predicted molar refractivity (Wildman–Crippen MR) is 69.6 cm³/mol. The van der Waals surface area contributed by atoms with E-state index in [-0.39, 0.29) is 0 Å². The molecule has 0 amide bonds. The summed E-state index contributed by atoms with van der Waals surface area (Å²) in [4.78, 5) is 4.59. The second kappa shape index (κ2) is 3.69. The molecule has 0 fully saturated rings. The SMILES string of the molecule is CC1C=CC=C2C1=Nc1ccc(B(O)O)cc12. The van der Waals surface area contributed by atoms with Gasteiger partial charge in [-0.1, -0.05) is 37.3 Å². The molecular formula is C13H12BNO2. The first-order valence-corrected chi connectivity index (χ1v) is 5.65. The zero-order valence-electron chi connectivity index (χ0n) is 9.46. The molecule has 84 valence electrons.